The molecule has 0 N–H and O–H groups in total. The highest BCUT2D eigenvalue weighted by atomic mass is 35.5. The monoisotopic (exact) mass is 278 g/mol. The summed E-state index contributed by atoms with van der Waals surface area (Å²) >= 11 is 5.89. The molecule has 1 rings (SSSR count). The van der Waals surface area contributed by atoms with Crippen molar-refractivity contribution in [1.29, 1.82) is 0 Å². The summed E-state index contributed by atoms with van der Waals surface area (Å²) in [6, 6.07) is 5.36. The third kappa shape index (κ3) is 4.89. The lowest BCUT2D eigenvalue weighted by Crippen LogP contribution is -2.10. The van der Waals surface area contributed by atoms with Crippen molar-refractivity contribution in [2.45, 2.75) is 32.9 Å². The van der Waals surface area contributed by atoms with E-state index in [2.05, 4.69) is 13.8 Å². The van der Waals surface area contributed by atoms with Gasteiger partial charge in [0.25, 0.3) is 0 Å². The molecule has 0 heterocycles. The number of hydrogen-bond acceptors (Lipinski definition) is 0. The smallest absolute Gasteiger partial charge is 0.166 e. The highest BCUT2D eigenvalue weighted by Crippen LogP contribution is 2.29. The van der Waals surface area contributed by atoms with Crippen LogP contribution >= 0.6 is 11.6 Å². The summed E-state index contributed by atoms with van der Waals surface area (Å²) in [6.07, 6.45) is -2.54. The van der Waals surface area contributed by atoms with E-state index in [0.29, 0.717) is 17.7 Å². The molecule has 0 amide bonds. The predicted octanol–water partition coefficient (Wildman–Crippen LogP) is 5.15. The van der Waals surface area contributed by atoms with E-state index < -0.39 is 11.7 Å². The summed E-state index contributed by atoms with van der Waals surface area (Å²) in [6.45, 7) is 4.23. The van der Waals surface area contributed by atoms with Crippen molar-refractivity contribution in [1.82, 2.24) is 0 Å². The minimum absolute atomic E-state index is 0.323. The highest BCUT2D eigenvalue weighted by molar-refractivity contribution is 6.18. The van der Waals surface area contributed by atoms with E-state index in [1.165, 1.54) is 0 Å². The first-order chi connectivity index (χ1) is 8.32. The highest BCUT2D eigenvalue weighted by Gasteiger charge is 2.29. The molecule has 0 aromatic heterocycles. The number of halogens is 4. The van der Waals surface area contributed by atoms with Gasteiger partial charge in [-0.2, -0.15) is 13.2 Å². The van der Waals surface area contributed by atoms with Crippen molar-refractivity contribution in [3.8, 4) is 0 Å². The average molecular weight is 279 g/mol. The van der Waals surface area contributed by atoms with Gasteiger partial charge in [-0.1, -0.05) is 26.0 Å². The van der Waals surface area contributed by atoms with E-state index in [-0.39, 0.29) is 0 Å². The van der Waals surface area contributed by atoms with Crippen molar-refractivity contribution in [2.24, 2.45) is 11.8 Å². The standard InChI is InChI=1S/C14H18ClF3/c1-10(2)7-12(9-15)8-11-3-5-13(6-4-11)14(16,17)18/h3-6,10,12H,7-9H2,1-2H3. The maximum absolute atomic E-state index is 12.4. The quantitative estimate of drug-likeness (QED) is 0.654. The van der Waals surface area contributed by atoms with Crippen LogP contribution in [0.15, 0.2) is 24.3 Å². The first kappa shape index (κ1) is 15.4. The Bertz CT molecular complexity index is 354. The fraction of sp³-hybridized carbons (Fsp3) is 0.571. The van der Waals surface area contributed by atoms with E-state index in [1.807, 2.05) is 0 Å². The molecule has 18 heavy (non-hydrogen) atoms. The van der Waals surface area contributed by atoms with E-state index in [9.17, 15) is 13.2 Å². The molecule has 1 unspecified atom stereocenters. The van der Waals surface area contributed by atoms with Gasteiger partial charge < -0.3 is 0 Å². The maximum Gasteiger partial charge on any atom is 0.416 e. The molecule has 0 aliphatic heterocycles. The van der Waals surface area contributed by atoms with E-state index >= 15 is 0 Å². The molecule has 1 aromatic rings. The Balaban J connectivity index is 2.68. The third-order valence-electron chi connectivity index (χ3n) is 2.83. The molecule has 0 radical (unpaired) electrons. The number of rotatable bonds is 5. The largest absolute Gasteiger partial charge is 0.416 e. The Morgan fingerprint density at radius 1 is 1.11 bits per heavy atom. The number of hydrogen-bond donors (Lipinski definition) is 0. The van der Waals surface area contributed by atoms with Crippen LogP contribution in [0.1, 0.15) is 31.4 Å². The van der Waals surface area contributed by atoms with Crippen molar-refractivity contribution in [2.75, 3.05) is 5.88 Å². The van der Waals surface area contributed by atoms with Gasteiger partial charge >= 0.3 is 6.18 Å². The van der Waals surface area contributed by atoms with E-state index in [4.69, 9.17) is 11.6 Å². The number of benzene rings is 1. The molecular weight excluding hydrogens is 261 g/mol. The minimum Gasteiger partial charge on any atom is -0.166 e. The first-order valence-corrected chi connectivity index (χ1v) is 6.58. The summed E-state index contributed by atoms with van der Waals surface area (Å²) in [4.78, 5) is 0. The molecule has 0 aliphatic rings. The lowest BCUT2D eigenvalue weighted by atomic mass is 9.92. The van der Waals surface area contributed by atoms with Crippen LogP contribution in [0, 0.1) is 11.8 Å². The maximum atomic E-state index is 12.4. The fourth-order valence-corrected chi connectivity index (χ4v) is 2.27. The molecule has 102 valence electrons. The molecule has 0 saturated heterocycles. The number of alkyl halides is 4. The van der Waals surface area contributed by atoms with Crippen LogP contribution in [0.5, 0.6) is 0 Å². The van der Waals surface area contributed by atoms with Gasteiger partial charge in [-0.25, -0.2) is 0 Å². The zero-order valence-electron chi connectivity index (χ0n) is 10.6. The van der Waals surface area contributed by atoms with Gasteiger partial charge in [-0.05, 0) is 42.4 Å². The Labute approximate surface area is 111 Å². The molecule has 1 aromatic carbocycles. The molecule has 0 fully saturated rings. The average Bonchev–Trinajstić information content (AvgIpc) is 2.27. The molecule has 1 atom stereocenters. The van der Waals surface area contributed by atoms with Crippen LogP contribution in [-0.2, 0) is 12.6 Å². The van der Waals surface area contributed by atoms with Gasteiger partial charge in [0.05, 0.1) is 5.56 Å². The molecule has 0 aliphatic carbocycles. The van der Waals surface area contributed by atoms with Crippen molar-refractivity contribution in [3.63, 3.8) is 0 Å². The van der Waals surface area contributed by atoms with Crippen molar-refractivity contribution < 1.29 is 13.2 Å². The van der Waals surface area contributed by atoms with Gasteiger partial charge in [0, 0.05) is 5.88 Å². The minimum atomic E-state index is -4.26. The van der Waals surface area contributed by atoms with Crippen LogP contribution in [0.2, 0.25) is 0 Å². The van der Waals surface area contributed by atoms with E-state index in [1.54, 1.807) is 12.1 Å². The Morgan fingerprint density at radius 3 is 2.06 bits per heavy atom. The Hall–Kier alpha value is -0.700. The molecule has 0 nitrogen and oxygen atoms in total. The normalized spacial score (nSPS) is 13.9. The first-order valence-electron chi connectivity index (χ1n) is 6.05. The third-order valence-corrected chi connectivity index (χ3v) is 3.27. The van der Waals surface area contributed by atoms with Gasteiger partial charge in [0.2, 0.25) is 0 Å². The fourth-order valence-electron chi connectivity index (χ4n) is 2.03. The molecular formula is C14H18ClF3. The lowest BCUT2D eigenvalue weighted by molar-refractivity contribution is -0.137. The molecule has 0 bridgehead atoms. The van der Waals surface area contributed by atoms with E-state index in [0.717, 1.165) is 30.5 Å². The van der Waals surface area contributed by atoms with Crippen molar-refractivity contribution >= 4 is 11.6 Å². The zero-order valence-corrected chi connectivity index (χ0v) is 11.4. The van der Waals surface area contributed by atoms with Crippen LogP contribution in [0.3, 0.4) is 0 Å². The van der Waals surface area contributed by atoms with Gasteiger partial charge in [-0.3, -0.25) is 0 Å². The Kier molecular flexibility index (Phi) is 5.51. The zero-order chi connectivity index (χ0) is 13.8. The molecule has 0 spiro atoms. The summed E-state index contributed by atoms with van der Waals surface area (Å²) in [7, 11) is 0. The predicted molar refractivity (Wildman–Crippen MR) is 68.8 cm³/mol. The second-order valence-electron chi connectivity index (χ2n) is 5.05. The van der Waals surface area contributed by atoms with Gasteiger partial charge in [0.15, 0.2) is 0 Å². The summed E-state index contributed by atoms with van der Waals surface area (Å²) < 4.78 is 37.2. The van der Waals surface area contributed by atoms with Gasteiger partial charge in [0.1, 0.15) is 0 Å². The van der Waals surface area contributed by atoms with Crippen molar-refractivity contribution in [3.05, 3.63) is 35.4 Å². The topological polar surface area (TPSA) is 0 Å². The van der Waals surface area contributed by atoms with Crippen LogP contribution in [-0.4, -0.2) is 5.88 Å². The van der Waals surface area contributed by atoms with Gasteiger partial charge in [-0.15, -0.1) is 11.6 Å². The van der Waals surface area contributed by atoms with Crippen LogP contribution < -0.4 is 0 Å². The van der Waals surface area contributed by atoms with Crippen LogP contribution in [0.4, 0.5) is 13.2 Å². The SMILES string of the molecule is CC(C)CC(CCl)Cc1ccc(C(F)(F)F)cc1. The molecule has 0 saturated carbocycles. The lowest BCUT2D eigenvalue weighted by Gasteiger charge is -2.16. The van der Waals surface area contributed by atoms with Crippen LogP contribution in [0.25, 0.3) is 0 Å². The second kappa shape index (κ2) is 6.46. The summed E-state index contributed by atoms with van der Waals surface area (Å²) in [5.74, 6) is 1.41. The second-order valence-corrected chi connectivity index (χ2v) is 5.36. The summed E-state index contributed by atoms with van der Waals surface area (Å²) in [5, 5.41) is 0. The summed E-state index contributed by atoms with van der Waals surface area (Å²) in [5.41, 5.74) is 0.312. The Morgan fingerprint density at radius 2 is 1.67 bits per heavy atom. The molecule has 4 heteroatoms.